The van der Waals surface area contributed by atoms with Crippen molar-refractivity contribution in [2.45, 2.75) is 65.8 Å². The number of aromatic nitrogens is 2. The van der Waals surface area contributed by atoms with E-state index < -0.39 is 12.4 Å². The molecule has 194 valence electrons. The van der Waals surface area contributed by atoms with Crippen LogP contribution in [0.25, 0.3) is 11.4 Å². The smallest absolute Gasteiger partial charge is 0.406 e. The van der Waals surface area contributed by atoms with E-state index in [1.165, 1.54) is 24.3 Å². The highest BCUT2D eigenvalue weighted by molar-refractivity contribution is 5.84. The number of aryl methyl sites for hydroxylation is 1. The Kier molecular flexibility index (Phi) is 11.2. The number of amides is 1. The minimum Gasteiger partial charge on any atom is -0.406 e. The predicted molar refractivity (Wildman–Crippen MR) is 129 cm³/mol. The highest BCUT2D eigenvalue weighted by Gasteiger charge is 2.31. The van der Waals surface area contributed by atoms with Crippen molar-refractivity contribution in [1.29, 1.82) is 0 Å². The summed E-state index contributed by atoms with van der Waals surface area (Å²) in [5, 5.41) is 6.19. The predicted octanol–water partition coefficient (Wildman–Crippen LogP) is 5.36. The summed E-state index contributed by atoms with van der Waals surface area (Å²) in [6, 6.07) is 6.72. The van der Waals surface area contributed by atoms with E-state index in [1.807, 2.05) is 33.8 Å². The lowest BCUT2D eigenvalue weighted by atomic mass is 10.0. The number of carbonyl (C=O) groups excluding carboxylic acids is 1. The van der Waals surface area contributed by atoms with Crippen LogP contribution in [0, 0.1) is 5.92 Å². The number of nitrogens with one attached hydrogen (secondary N) is 2. The minimum atomic E-state index is -4.76. The van der Waals surface area contributed by atoms with Crippen molar-refractivity contribution in [3.63, 3.8) is 0 Å². The van der Waals surface area contributed by atoms with Crippen LogP contribution >= 0.6 is 0 Å². The third kappa shape index (κ3) is 10.5. The fraction of sp³-hybridized carbons (Fsp3) is 0.560. The molecule has 2 rings (SSSR count). The van der Waals surface area contributed by atoms with Gasteiger partial charge in [0.15, 0.2) is 5.82 Å². The van der Waals surface area contributed by atoms with Crippen molar-refractivity contribution in [3.8, 4) is 17.1 Å². The third-order valence-electron chi connectivity index (χ3n) is 4.95. The SMILES string of the molecule is CCCc1cc(N[C@@H](CC(C)C)C(=O)NCCCOCC)nc(-c2ccc(OC(F)(F)F)cc2)n1. The number of halogens is 3. The highest BCUT2D eigenvalue weighted by atomic mass is 19.4. The quantitative estimate of drug-likeness (QED) is 0.342. The zero-order valence-electron chi connectivity index (χ0n) is 20.7. The monoisotopic (exact) mass is 496 g/mol. The molecule has 0 aliphatic rings. The molecule has 1 aromatic heterocycles. The molecular weight excluding hydrogens is 461 g/mol. The van der Waals surface area contributed by atoms with E-state index >= 15 is 0 Å². The largest absolute Gasteiger partial charge is 0.573 e. The first-order chi connectivity index (χ1) is 16.6. The van der Waals surface area contributed by atoms with Gasteiger partial charge >= 0.3 is 6.36 Å². The van der Waals surface area contributed by atoms with Gasteiger partial charge in [0.05, 0.1) is 0 Å². The number of alkyl halides is 3. The Balaban J connectivity index is 2.22. The summed E-state index contributed by atoms with van der Waals surface area (Å²) in [6.45, 7) is 9.76. The topological polar surface area (TPSA) is 85.4 Å². The third-order valence-corrected chi connectivity index (χ3v) is 4.95. The van der Waals surface area contributed by atoms with Crippen molar-refractivity contribution in [1.82, 2.24) is 15.3 Å². The number of hydrogen-bond acceptors (Lipinski definition) is 6. The fourth-order valence-corrected chi connectivity index (χ4v) is 3.43. The van der Waals surface area contributed by atoms with Crippen LogP contribution in [0.4, 0.5) is 19.0 Å². The molecule has 1 heterocycles. The maximum absolute atomic E-state index is 12.9. The van der Waals surface area contributed by atoms with Gasteiger partial charge in [0.25, 0.3) is 0 Å². The van der Waals surface area contributed by atoms with Gasteiger partial charge in [-0.05, 0) is 56.4 Å². The first-order valence-electron chi connectivity index (χ1n) is 12.0. The Hall–Kier alpha value is -2.88. The average Bonchev–Trinajstić information content (AvgIpc) is 2.77. The number of carbonyl (C=O) groups is 1. The van der Waals surface area contributed by atoms with E-state index in [1.54, 1.807) is 0 Å². The minimum absolute atomic E-state index is 0.124. The van der Waals surface area contributed by atoms with Gasteiger partial charge < -0.3 is 20.1 Å². The summed E-state index contributed by atoms with van der Waals surface area (Å²) in [4.78, 5) is 22.0. The Labute approximate surface area is 204 Å². The number of nitrogens with zero attached hydrogens (tertiary/aromatic N) is 2. The summed E-state index contributed by atoms with van der Waals surface area (Å²) in [6.07, 6.45) is -1.89. The number of hydrogen-bond donors (Lipinski definition) is 2. The summed E-state index contributed by atoms with van der Waals surface area (Å²) in [5.74, 6) is 0.671. The van der Waals surface area contributed by atoms with Crippen LogP contribution < -0.4 is 15.4 Å². The molecule has 7 nitrogen and oxygen atoms in total. The summed E-state index contributed by atoms with van der Waals surface area (Å²) < 4.78 is 46.7. The molecule has 0 bridgehead atoms. The second-order valence-corrected chi connectivity index (χ2v) is 8.56. The molecule has 10 heteroatoms. The second-order valence-electron chi connectivity index (χ2n) is 8.56. The van der Waals surface area contributed by atoms with Gasteiger partial charge in [0.2, 0.25) is 5.91 Å². The number of ether oxygens (including phenoxy) is 2. The standard InChI is InChI=1S/C25H35F3N4O3/c1-5-8-19-16-22(31-21(15-17(3)4)24(33)29-13-7-14-34-6-2)32-23(30-19)18-9-11-20(12-10-18)35-25(26,27)28/h9-12,16-17,21H,5-8,13-15H2,1-4H3,(H,29,33)(H,30,31,32)/t21-/m0/s1. The first kappa shape index (κ1) is 28.4. The molecule has 0 radical (unpaired) electrons. The van der Waals surface area contributed by atoms with Crippen molar-refractivity contribution in [2.24, 2.45) is 5.92 Å². The molecule has 1 amide bonds. The Morgan fingerprint density at radius 1 is 1.11 bits per heavy atom. The summed E-state index contributed by atoms with van der Waals surface area (Å²) in [7, 11) is 0. The van der Waals surface area contributed by atoms with Crippen LogP contribution in [0.2, 0.25) is 0 Å². The maximum atomic E-state index is 12.9. The molecule has 0 fully saturated rings. The van der Waals surface area contributed by atoms with E-state index in [0.29, 0.717) is 49.8 Å². The van der Waals surface area contributed by atoms with Crippen molar-refractivity contribution in [3.05, 3.63) is 36.0 Å². The molecule has 2 N–H and O–H groups in total. The van der Waals surface area contributed by atoms with Crippen molar-refractivity contribution < 1.29 is 27.4 Å². The molecule has 2 aromatic rings. The molecule has 0 aliphatic carbocycles. The van der Waals surface area contributed by atoms with Crippen LogP contribution in [-0.2, 0) is 16.0 Å². The number of anilines is 1. The van der Waals surface area contributed by atoms with Gasteiger partial charge in [-0.1, -0.05) is 27.2 Å². The van der Waals surface area contributed by atoms with Gasteiger partial charge in [-0.3, -0.25) is 4.79 Å². The van der Waals surface area contributed by atoms with E-state index in [0.717, 1.165) is 18.5 Å². The molecule has 1 aromatic carbocycles. The fourth-order valence-electron chi connectivity index (χ4n) is 3.43. The van der Waals surface area contributed by atoms with E-state index in [9.17, 15) is 18.0 Å². The molecule has 0 spiro atoms. The molecule has 0 saturated heterocycles. The van der Waals surface area contributed by atoms with Gasteiger partial charge in [-0.25, -0.2) is 9.97 Å². The second kappa shape index (κ2) is 13.9. The Morgan fingerprint density at radius 3 is 2.43 bits per heavy atom. The molecule has 0 saturated carbocycles. The lowest BCUT2D eigenvalue weighted by Gasteiger charge is -2.21. The van der Waals surface area contributed by atoms with Crippen LogP contribution in [0.5, 0.6) is 5.75 Å². The lowest BCUT2D eigenvalue weighted by Crippen LogP contribution is -2.41. The molecule has 0 unspecified atom stereocenters. The molecule has 1 atom stereocenters. The molecular formula is C25H35F3N4O3. The van der Waals surface area contributed by atoms with Gasteiger partial charge in [-0.2, -0.15) is 0 Å². The number of rotatable bonds is 14. The zero-order chi connectivity index (χ0) is 25.8. The van der Waals surface area contributed by atoms with E-state index in [2.05, 4.69) is 25.3 Å². The van der Waals surface area contributed by atoms with Gasteiger partial charge in [-0.15, -0.1) is 13.2 Å². The maximum Gasteiger partial charge on any atom is 0.573 e. The number of benzene rings is 1. The van der Waals surface area contributed by atoms with E-state index in [-0.39, 0.29) is 17.6 Å². The van der Waals surface area contributed by atoms with Crippen molar-refractivity contribution in [2.75, 3.05) is 25.1 Å². The normalized spacial score (nSPS) is 12.5. The molecule has 35 heavy (non-hydrogen) atoms. The summed E-state index contributed by atoms with van der Waals surface area (Å²) in [5.41, 5.74) is 1.32. The van der Waals surface area contributed by atoms with Gasteiger partial charge in [0, 0.05) is 37.1 Å². The van der Waals surface area contributed by atoms with Crippen LogP contribution in [-0.4, -0.2) is 48.0 Å². The zero-order valence-corrected chi connectivity index (χ0v) is 20.7. The van der Waals surface area contributed by atoms with E-state index in [4.69, 9.17) is 4.74 Å². The highest BCUT2D eigenvalue weighted by Crippen LogP contribution is 2.26. The van der Waals surface area contributed by atoms with Crippen molar-refractivity contribution >= 4 is 11.7 Å². The Morgan fingerprint density at radius 2 is 1.83 bits per heavy atom. The summed E-state index contributed by atoms with van der Waals surface area (Å²) >= 11 is 0. The lowest BCUT2D eigenvalue weighted by molar-refractivity contribution is -0.274. The van der Waals surface area contributed by atoms with Crippen LogP contribution in [0.15, 0.2) is 30.3 Å². The van der Waals surface area contributed by atoms with Gasteiger partial charge in [0.1, 0.15) is 17.6 Å². The first-order valence-corrected chi connectivity index (χ1v) is 12.0. The molecule has 0 aliphatic heterocycles. The Bertz CT molecular complexity index is 921. The van der Waals surface area contributed by atoms with Crippen LogP contribution in [0.3, 0.4) is 0 Å². The average molecular weight is 497 g/mol. The van der Waals surface area contributed by atoms with Crippen LogP contribution in [0.1, 0.15) is 52.7 Å².